The second-order valence-corrected chi connectivity index (χ2v) is 9.54. The molecule has 0 unspecified atom stereocenters. The largest absolute Gasteiger partial charge is 0.335 e. The minimum atomic E-state index is -3.83. The lowest BCUT2D eigenvalue weighted by molar-refractivity contribution is -0.122. The van der Waals surface area contributed by atoms with Gasteiger partial charge < -0.3 is 4.57 Å². The fourth-order valence-electron chi connectivity index (χ4n) is 3.60. The van der Waals surface area contributed by atoms with E-state index in [1.807, 2.05) is 72.2 Å². The van der Waals surface area contributed by atoms with Gasteiger partial charge in [0.2, 0.25) is 10.0 Å². The Morgan fingerprint density at radius 2 is 1.59 bits per heavy atom. The fourth-order valence-corrected chi connectivity index (χ4v) is 4.67. The molecule has 0 saturated carbocycles. The first-order valence-corrected chi connectivity index (χ1v) is 12.1. The number of nitrogens with zero attached hydrogens (tertiary/aromatic N) is 1. The molecular weight excluding hydrogens is 452 g/mol. The van der Waals surface area contributed by atoms with Crippen LogP contribution >= 0.6 is 0 Å². The molecule has 3 aromatic carbocycles. The van der Waals surface area contributed by atoms with Crippen LogP contribution in [0, 0.1) is 6.92 Å². The Bertz CT molecular complexity index is 1450. The summed E-state index contributed by atoms with van der Waals surface area (Å²) in [6.45, 7) is 2.06. The van der Waals surface area contributed by atoms with Gasteiger partial charge in [0.05, 0.1) is 4.90 Å². The molecule has 0 aliphatic rings. The summed E-state index contributed by atoms with van der Waals surface area (Å²) in [6.07, 6.45) is 0. The van der Waals surface area contributed by atoms with Crippen LogP contribution < -0.4 is 15.6 Å². The van der Waals surface area contributed by atoms with Crippen molar-refractivity contribution in [3.8, 4) is 0 Å². The summed E-state index contributed by atoms with van der Waals surface area (Å²) in [5.74, 6) is -1.03. The highest BCUT2D eigenvalue weighted by Gasteiger charge is 2.17. The molecule has 8 nitrogen and oxygen atoms in total. The van der Waals surface area contributed by atoms with E-state index in [4.69, 9.17) is 0 Å². The molecule has 2 amide bonds. The van der Waals surface area contributed by atoms with Gasteiger partial charge in [-0.25, -0.2) is 13.1 Å². The summed E-state index contributed by atoms with van der Waals surface area (Å²) >= 11 is 0. The van der Waals surface area contributed by atoms with Crippen molar-refractivity contribution in [3.05, 3.63) is 102 Å². The highest BCUT2D eigenvalue weighted by Crippen LogP contribution is 2.19. The highest BCUT2D eigenvalue weighted by molar-refractivity contribution is 7.89. The number of amides is 2. The van der Waals surface area contributed by atoms with Crippen LogP contribution in [0.2, 0.25) is 0 Å². The monoisotopic (exact) mass is 476 g/mol. The van der Waals surface area contributed by atoms with Gasteiger partial charge in [0.15, 0.2) is 0 Å². The Morgan fingerprint density at radius 3 is 2.38 bits per heavy atom. The van der Waals surface area contributed by atoms with Crippen molar-refractivity contribution in [1.82, 2.24) is 20.1 Å². The molecule has 174 valence electrons. The number of nitrogens with one attached hydrogen (secondary N) is 3. The summed E-state index contributed by atoms with van der Waals surface area (Å²) in [4.78, 5) is 24.9. The summed E-state index contributed by atoms with van der Waals surface area (Å²) < 4.78 is 29.7. The molecule has 0 fully saturated rings. The zero-order chi connectivity index (χ0) is 24.1. The van der Waals surface area contributed by atoms with Gasteiger partial charge in [-0.15, -0.1) is 0 Å². The molecule has 0 spiro atoms. The van der Waals surface area contributed by atoms with Crippen molar-refractivity contribution in [1.29, 1.82) is 0 Å². The molecule has 0 aliphatic carbocycles. The average Bonchev–Trinajstić information content (AvgIpc) is 3.17. The third-order valence-electron chi connectivity index (χ3n) is 5.35. The minimum absolute atomic E-state index is 0.0252. The Balaban J connectivity index is 1.38. The van der Waals surface area contributed by atoms with E-state index in [0.29, 0.717) is 0 Å². The third-order valence-corrected chi connectivity index (χ3v) is 6.75. The number of benzene rings is 3. The van der Waals surface area contributed by atoms with E-state index in [0.717, 1.165) is 22.2 Å². The number of carbonyl (C=O) groups excluding carboxylic acids is 2. The molecule has 0 saturated heterocycles. The van der Waals surface area contributed by atoms with E-state index in [1.54, 1.807) is 0 Å². The van der Waals surface area contributed by atoms with Gasteiger partial charge in [0.1, 0.15) is 6.54 Å². The van der Waals surface area contributed by atoms with Gasteiger partial charge in [-0.05, 0) is 48.2 Å². The molecule has 34 heavy (non-hydrogen) atoms. The number of rotatable bonds is 7. The maximum Gasteiger partial charge on any atom is 0.269 e. The first-order chi connectivity index (χ1) is 16.3. The second kappa shape index (κ2) is 9.90. The predicted octanol–water partition coefficient (Wildman–Crippen LogP) is 2.89. The number of para-hydroxylation sites is 1. The van der Waals surface area contributed by atoms with E-state index < -0.39 is 21.8 Å². The van der Waals surface area contributed by atoms with Crippen LogP contribution in [0.1, 0.15) is 21.6 Å². The lowest BCUT2D eigenvalue weighted by atomic mass is 10.2. The Kier molecular flexibility index (Phi) is 6.76. The highest BCUT2D eigenvalue weighted by atomic mass is 32.2. The number of hydrazine groups is 1. The summed E-state index contributed by atoms with van der Waals surface area (Å²) in [7, 11) is -3.83. The van der Waals surface area contributed by atoms with Gasteiger partial charge in [-0.2, -0.15) is 0 Å². The van der Waals surface area contributed by atoms with Crippen molar-refractivity contribution in [2.24, 2.45) is 0 Å². The van der Waals surface area contributed by atoms with E-state index in [1.165, 1.54) is 24.3 Å². The van der Waals surface area contributed by atoms with E-state index in [2.05, 4.69) is 15.6 Å². The molecule has 3 N–H and O–H groups in total. The fraction of sp³-hybridized carbons (Fsp3) is 0.120. The number of fused-ring (bicyclic) bond motifs is 1. The van der Waals surface area contributed by atoms with E-state index in [9.17, 15) is 18.0 Å². The first-order valence-electron chi connectivity index (χ1n) is 10.6. The zero-order valence-corrected chi connectivity index (χ0v) is 19.3. The molecule has 1 heterocycles. The molecule has 9 heteroatoms. The molecule has 0 bridgehead atoms. The summed E-state index contributed by atoms with van der Waals surface area (Å²) in [5, 5.41) is 1.02. The number of hydrogen-bond donors (Lipinski definition) is 3. The Labute approximate surface area is 197 Å². The minimum Gasteiger partial charge on any atom is -0.335 e. The molecular formula is C25H24N4O4S. The zero-order valence-electron chi connectivity index (χ0n) is 18.5. The molecule has 1 aromatic heterocycles. The van der Waals surface area contributed by atoms with Gasteiger partial charge >= 0.3 is 0 Å². The van der Waals surface area contributed by atoms with Crippen molar-refractivity contribution in [2.75, 3.05) is 0 Å². The molecule has 4 rings (SSSR count). The van der Waals surface area contributed by atoms with E-state index >= 15 is 0 Å². The summed E-state index contributed by atoms with van der Waals surface area (Å²) in [6, 6.07) is 24.4. The normalized spacial score (nSPS) is 11.3. The topological polar surface area (TPSA) is 109 Å². The van der Waals surface area contributed by atoms with Crippen LogP contribution in [0.25, 0.3) is 10.9 Å². The molecule has 4 aromatic rings. The van der Waals surface area contributed by atoms with Crippen molar-refractivity contribution < 1.29 is 18.0 Å². The van der Waals surface area contributed by atoms with Crippen molar-refractivity contribution in [3.63, 3.8) is 0 Å². The predicted molar refractivity (Wildman–Crippen MR) is 129 cm³/mol. The maximum atomic E-state index is 12.6. The van der Waals surface area contributed by atoms with Crippen LogP contribution in [0.15, 0.2) is 89.8 Å². The van der Waals surface area contributed by atoms with Crippen LogP contribution in [-0.4, -0.2) is 24.8 Å². The maximum absolute atomic E-state index is 12.6. The van der Waals surface area contributed by atoms with Gasteiger partial charge in [0, 0.05) is 23.3 Å². The lowest BCUT2D eigenvalue weighted by Crippen LogP contribution is -2.43. The standard InChI is InChI=1S/C25H24N4O4S/c1-18-14-20-10-5-6-13-23(20)29(18)17-24(30)27-28-25(31)21-11-7-12-22(15-21)34(32,33)26-16-19-8-3-2-4-9-19/h2-15,26H,16-17H2,1H3,(H,27,30)(H,28,31). The number of aryl methyl sites for hydroxylation is 1. The molecule has 0 atom stereocenters. The first kappa shape index (κ1) is 23.2. The third kappa shape index (κ3) is 5.33. The number of hydrogen-bond acceptors (Lipinski definition) is 4. The van der Waals surface area contributed by atoms with Crippen LogP contribution in [0.4, 0.5) is 0 Å². The Hall–Kier alpha value is -3.95. The molecule has 0 aliphatic heterocycles. The number of aromatic nitrogens is 1. The number of carbonyl (C=O) groups is 2. The van der Waals surface area contributed by atoms with Crippen molar-refractivity contribution >= 4 is 32.7 Å². The van der Waals surface area contributed by atoms with E-state index in [-0.39, 0.29) is 23.5 Å². The second-order valence-electron chi connectivity index (χ2n) is 7.77. The quantitative estimate of drug-likeness (QED) is 0.356. The van der Waals surface area contributed by atoms with Crippen LogP contribution in [-0.2, 0) is 27.9 Å². The smallest absolute Gasteiger partial charge is 0.269 e. The van der Waals surface area contributed by atoms with Crippen molar-refractivity contribution in [2.45, 2.75) is 24.9 Å². The SMILES string of the molecule is Cc1cc2ccccc2n1CC(=O)NNC(=O)c1cccc(S(=O)(=O)NCc2ccccc2)c1. The van der Waals surface area contributed by atoms with Gasteiger partial charge in [0.25, 0.3) is 11.8 Å². The lowest BCUT2D eigenvalue weighted by Gasteiger charge is -2.11. The Morgan fingerprint density at radius 1 is 0.853 bits per heavy atom. The van der Waals surface area contributed by atoms with Crippen LogP contribution in [0.3, 0.4) is 0 Å². The van der Waals surface area contributed by atoms with Gasteiger partial charge in [-0.1, -0.05) is 54.6 Å². The van der Waals surface area contributed by atoms with Gasteiger partial charge in [-0.3, -0.25) is 20.4 Å². The number of sulfonamides is 1. The molecule has 0 radical (unpaired) electrons. The summed E-state index contributed by atoms with van der Waals surface area (Å²) in [5.41, 5.74) is 7.49. The average molecular weight is 477 g/mol. The van der Waals surface area contributed by atoms with Crippen LogP contribution in [0.5, 0.6) is 0 Å².